The summed E-state index contributed by atoms with van der Waals surface area (Å²) in [6.07, 6.45) is 3.01. The summed E-state index contributed by atoms with van der Waals surface area (Å²) in [5, 5.41) is 0. The first-order valence-corrected chi connectivity index (χ1v) is 5.07. The Morgan fingerprint density at radius 3 is 2.21 bits per heavy atom. The van der Waals surface area contributed by atoms with Crippen LogP contribution in [0.5, 0.6) is 0 Å². The van der Waals surface area contributed by atoms with E-state index in [1.54, 1.807) is 0 Å². The van der Waals surface area contributed by atoms with Crippen molar-refractivity contribution < 1.29 is 0 Å². The molecule has 1 rings (SSSR count). The first-order valence-electron chi connectivity index (χ1n) is 5.07. The van der Waals surface area contributed by atoms with Crippen LogP contribution in [0, 0.1) is 0 Å². The second kappa shape index (κ2) is 4.97. The van der Waals surface area contributed by atoms with E-state index in [4.69, 9.17) is 0 Å². The van der Waals surface area contributed by atoms with Gasteiger partial charge in [0.25, 0.3) is 0 Å². The highest BCUT2D eigenvalue weighted by Crippen LogP contribution is 2.21. The molecule has 0 aliphatic heterocycles. The van der Waals surface area contributed by atoms with E-state index in [0.29, 0.717) is 6.04 Å². The Hall–Kier alpha value is -1.08. The Balaban J connectivity index is 2.89. The minimum atomic E-state index is 0.522. The lowest BCUT2D eigenvalue weighted by atomic mass is 10.0. The van der Waals surface area contributed by atoms with E-state index in [2.05, 4.69) is 56.8 Å². The smallest absolute Gasteiger partial charge is 0.0339 e. The summed E-state index contributed by atoms with van der Waals surface area (Å²) >= 11 is 0. The fourth-order valence-electron chi connectivity index (χ4n) is 1.75. The lowest BCUT2D eigenvalue weighted by Crippen LogP contribution is -2.18. The largest absolute Gasteiger partial charge is 0.302 e. The van der Waals surface area contributed by atoms with E-state index in [0.717, 1.165) is 6.42 Å². The van der Waals surface area contributed by atoms with Gasteiger partial charge in [-0.05, 0) is 31.6 Å². The molecule has 1 unspecified atom stereocenters. The molecule has 0 aliphatic carbocycles. The van der Waals surface area contributed by atoms with Crippen molar-refractivity contribution >= 4 is 6.08 Å². The zero-order chi connectivity index (χ0) is 10.6. The molecule has 1 aromatic rings. The maximum Gasteiger partial charge on any atom is 0.0339 e. The van der Waals surface area contributed by atoms with E-state index in [-0.39, 0.29) is 0 Å². The molecule has 1 heteroatoms. The molecule has 0 bridgehead atoms. The van der Waals surface area contributed by atoms with E-state index < -0.39 is 0 Å². The Morgan fingerprint density at radius 1 is 1.29 bits per heavy atom. The quantitative estimate of drug-likeness (QED) is 0.702. The second-order valence-electron chi connectivity index (χ2n) is 3.76. The molecule has 1 atom stereocenters. The van der Waals surface area contributed by atoms with Gasteiger partial charge in [-0.3, -0.25) is 0 Å². The topological polar surface area (TPSA) is 3.24 Å². The van der Waals surface area contributed by atoms with Gasteiger partial charge in [0, 0.05) is 6.04 Å². The third kappa shape index (κ3) is 2.46. The summed E-state index contributed by atoms with van der Waals surface area (Å²) in [6.45, 7) is 5.96. The number of hydrogen-bond acceptors (Lipinski definition) is 1. The molecule has 0 saturated carbocycles. The summed E-state index contributed by atoms with van der Waals surface area (Å²) in [5.41, 5.74) is 2.56. The van der Waals surface area contributed by atoms with Crippen LogP contribution in [-0.2, 0) is 0 Å². The maximum atomic E-state index is 3.75. The Labute approximate surface area is 87.1 Å². The molecule has 0 radical (unpaired) electrons. The van der Waals surface area contributed by atoms with Crippen LogP contribution in [0.3, 0.4) is 0 Å². The van der Waals surface area contributed by atoms with Gasteiger partial charge in [0.05, 0.1) is 0 Å². The Bertz CT molecular complexity index is 285. The van der Waals surface area contributed by atoms with Gasteiger partial charge in [-0.25, -0.2) is 0 Å². The van der Waals surface area contributed by atoms with Gasteiger partial charge in [-0.2, -0.15) is 0 Å². The second-order valence-corrected chi connectivity index (χ2v) is 3.76. The first kappa shape index (κ1) is 11.0. The molecular formula is C13H19N. The van der Waals surface area contributed by atoms with Crippen molar-refractivity contribution in [1.29, 1.82) is 0 Å². The third-order valence-corrected chi connectivity index (χ3v) is 2.57. The van der Waals surface area contributed by atoms with E-state index >= 15 is 0 Å². The molecule has 0 heterocycles. The minimum Gasteiger partial charge on any atom is -0.302 e. The zero-order valence-electron chi connectivity index (χ0n) is 9.33. The lowest BCUT2D eigenvalue weighted by Gasteiger charge is -2.23. The van der Waals surface area contributed by atoms with Gasteiger partial charge in [0.15, 0.2) is 0 Å². The van der Waals surface area contributed by atoms with Crippen LogP contribution < -0.4 is 0 Å². The Morgan fingerprint density at radius 2 is 1.86 bits per heavy atom. The zero-order valence-corrected chi connectivity index (χ0v) is 9.33. The van der Waals surface area contributed by atoms with Gasteiger partial charge < -0.3 is 4.90 Å². The highest BCUT2D eigenvalue weighted by atomic mass is 15.1. The van der Waals surface area contributed by atoms with E-state index in [1.165, 1.54) is 11.1 Å². The predicted octanol–water partition coefficient (Wildman–Crippen LogP) is 3.34. The molecule has 76 valence electrons. The van der Waals surface area contributed by atoms with Crippen LogP contribution in [0.1, 0.15) is 30.5 Å². The van der Waals surface area contributed by atoms with Gasteiger partial charge >= 0.3 is 0 Å². The lowest BCUT2D eigenvalue weighted by molar-refractivity contribution is 0.292. The standard InChI is InChI=1S/C13H19N/c1-5-11-7-9-12(10-8-11)13(6-2)14(3)4/h5,7-10,13H,1,6H2,2-4H3. The molecule has 0 N–H and O–H groups in total. The van der Waals surface area contributed by atoms with Gasteiger partial charge in [0.1, 0.15) is 0 Å². The first-order chi connectivity index (χ1) is 6.69. The summed E-state index contributed by atoms with van der Waals surface area (Å²) in [5.74, 6) is 0. The molecular weight excluding hydrogens is 170 g/mol. The summed E-state index contributed by atoms with van der Waals surface area (Å²) in [4.78, 5) is 2.25. The highest BCUT2D eigenvalue weighted by molar-refractivity contribution is 5.47. The summed E-state index contributed by atoms with van der Waals surface area (Å²) in [6, 6.07) is 9.13. The van der Waals surface area contributed by atoms with E-state index in [9.17, 15) is 0 Å². The van der Waals surface area contributed by atoms with E-state index in [1.807, 2.05) is 6.08 Å². The van der Waals surface area contributed by atoms with Crippen molar-refractivity contribution in [1.82, 2.24) is 4.90 Å². The molecule has 0 spiro atoms. The minimum absolute atomic E-state index is 0.522. The van der Waals surface area contributed by atoms with Crippen molar-refractivity contribution in [2.24, 2.45) is 0 Å². The summed E-state index contributed by atoms with van der Waals surface area (Å²) in [7, 11) is 4.24. The van der Waals surface area contributed by atoms with Crippen molar-refractivity contribution in [2.75, 3.05) is 14.1 Å². The maximum absolute atomic E-state index is 3.75. The van der Waals surface area contributed by atoms with Crippen LogP contribution in [0.4, 0.5) is 0 Å². The number of rotatable bonds is 4. The Kier molecular flexibility index (Phi) is 3.90. The predicted molar refractivity (Wildman–Crippen MR) is 63.3 cm³/mol. The van der Waals surface area contributed by atoms with Crippen molar-refractivity contribution in [3.05, 3.63) is 42.0 Å². The normalized spacial score (nSPS) is 12.9. The third-order valence-electron chi connectivity index (χ3n) is 2.57. The van der Waals surface area contributed by atoms with Crippen LogP contribution >= 0.6 is 0 Å². The van der Waals surface area contributed by atoms with Gasteiger partial charge in [0.2, 0.25) is 0 Å². The van der Waals surface area contributed by atoms with Gasteiger partial charge in [-0.1, -0.05) is 43.8 Å². The van der Waals surface area contributed by atoms with Crippen molar-refractivity contribution in [2.45, 2.75) is 19.4 Å². The monoisotopic (exact) mass is 189 g/mol. The average molecular weight is 189 g/mol. The SMILES string of the molecule is C=Cc1ccc(C(CC)N(C)C)cc1. The average Bonchev–Trinajstić information content (AvgIpc) is 2.19. The highest BCUT2D eigenvalue weighted by Gasteiger charge is 2.10. The molecule has 0 saturated heterocycles. The fourth-order valence-corrected chi connectivity index (χ4v) is 1.75. The molecule has 14 heavy (non-hydrogen) atoms. The molecule has 1 nitrogen and oxygen atoms in total. The number of hydrogen-bond donors (Lipinski definition) is 0. The van der Waals surface area contributed by atoms with Crippen LogP contribution in [0.2, 0.25) is 0 Å². The number of nitrogens with zero attached hydrogens (tertiary/aromatic N) is 1. The van der Waals surface area contributed by atoms with Gasteiger partial charge in [-0.15, -0.1) is 0 Å². The van der Waals surface area contributed by atoms with Crippen molar-refractivity contribution in [3.8, 4) is 0 Å². The molecule has 0 aromatic heterocycles. The van der Waals surface area contributed by atoms with Crippen LogP contribution in [0.25, 0.3) is 6.08 Å². The molecule has 0 fully saturated rings. The van der Waals surface area contributed by atoms with Crippen LogP contribution in [-0.4, -0.2) is 19.0 Å². The van der Waals surface area contributed by atoms with Crippen LogP contribution in [0.15, 0.2) is 30.8 Å². The summed E-state index contributed by atoms with van der Waals surface area (Å²) < 4.78 is 0. The van der Waals surface area contributed by atoms with Crippen molar-refractivity contribution in [3.63, 3.8) is 0 Å². The fraction of sp³-hybridized carbons (Fsp3) is 0.385. The number of benzene rings is 1. The molecule has 0 aliphatic rings. The molecule has 0 amide bonds. The molecule has 1 aromatic carbocycles.